The summed E-state index contributed by atoms with van der Waals surface area (Å²) in [5.74, 6) is 0.283. The van der Waals surface area contributed by atoms with E-state index in [0.29, 0.717) is 12.5 Å². The van der Waals surface area contributed by atoms with E-state index in [1.807, 2.05) is 9.42 Å². The lowest BCUT2D eigenvalue weighted by atomic mass is 10.1. The molecule has 0 spiro atoms. The second-order valence-corrected chi connectivity index (χ2v) is 9.52. The smallest absolute Gasteiger partial charge is 0.222 e. The van der Waals surface area contributed by atoms with Gasteiger partial charge in [0.05, 0.1) is 11.7 Å². The number of fused-ring (bicyclic) bond motifs is 1. The van der Waals surface area contributed by atoms with E-state index >= 15 is 0 Å². The van der Waals surface area contributed by atoms with Crippen LogP contribution in [0, 0.1) is 13.8 Å². The lowest BCUT2D eigenvalue weighted by Crippen LogP contribution is -2.32. The van der Waals surface area contributed by atoms with Crippen LogP contribution in [0.4, 0.5) is 0 Å². The Morgan fingerprint density at radius 1 is 1.03 bits per heavy atom. The number of carbonyl (C=O) groups excluding carboxylic acids is 1. The Morgan fingerprint density at radius 3 is 2.57 bits per heavy atom. The van der Waals surface area contributed by atoms with Gasteiger partial charge in [-0.3, -0.25) is 9.69 Å². The molecule has 1 atom stereocenters. The highest BCUT2D eigenvalue weighted by Gasteiger charge is 2.34. The van der Waals surface area contributed by atoms with Crippen molar-refractivity contribution in [1.82, 2.24) is 24.4 Å². The van der Waals surface area contributed by atoms with Crippen molar-refractivity contribution in [2.24, 2.45) is 0 Å². The molecule has 0 bridgehead atoms. The summed E-state index contributed by atoms with van der Waals surface area (Å²) in [6.07, 6.45) is 11.5. The highest BCUT2D eigenvalue weighted by Crippen LogP contribution is 2.38. The van der Waals surface area contributed by atoms with Gasteiger partial charge in [-0.2, -0.15) is 5.10 Å². The molecule has 4 heterocycles. The molecule has 2 aromatic rings. The normalized spacial score (nSPS) is 23.3. The van der Waals surface area contributed by atoms with Crippen molar-refractivity contribution >= 4 is 11.6 Å². The summed E-state index contributed by atoms with van der Waals surface area (Å²) in [5, 5.41) is 5.04. The summed E-state index contributed by atoms with van der Waals surface area (Å²) in [4.78, 5) is 22.1. The lowest BCUT2D eigenvalue weighted by molar-refractivity contribution is -0.130. The molecule has 0 unspecified atom stereocenters. The molecule has 0 N–H and O–H groups in total. The summed E-state index contributed by atoms with van der Waals surface area (Å²) >= 11 is 0. The van der Waals surface area contributed by atoms with Gasteiger partial charge in [0.1, 0.15) is 0 Å². The minimum Gasteiger partial charge on any atom is -0.343 e. The fourth-order valence-electron chi connectivity index (χ4n) is 6.01. The average Bonchev–Trinajstić information content (AvgIpc) is 3.53. The van der Waals surface area contributed by atoms with E-state index in [2.05, 4.69) is 24.8 Å². The molecule has 2 aromatic heterocycles. The largest absolute Gasteiger partial charge is 0.343 e. The van der Waals surface area contributed by atoms with Crippen LogP contribution in [0.5, 0.6) is 0 Å². The van der Waals surface area contributed by atoms with Crippen molar-refractivity contribution in [3.05, 3.63) is 28.7 Å². The molecule has 3 fully saturated rings. The Kier molecular flexibility index (Phi) is 5.52. The van der Waals surface area contributed by atoms with E-state index < -0.39 is 0 Å². The predicted octanol–water partition coefficient (Wildman–Crippen LogP) is 3.98. The topological polar surface area (TPSA) is 53.7 Å². The number of rotatable bonds is 5. The van der Waals surface area contributed by atoms with Crippen LogP contribution >= 0.6 is 0 Å². The van der Waals surface area contributed by atoms with Crippen molar-refractivity contribution in [2.45, 2.75) is 90.1 Å². The molecule has 1 saturated carbocycles. The van der Waals surface area contributed by atoms with E-state index in [0.717, 1.165) is 55.4 Å². The van der Waals surface area contributed by atoms with Crippen molar-refractivity contribution in [1.29, 1.82) is 0 Å². The molecule has 0 aromatic carbocycles. The van der Waals surface area contributed by atoms with Crippen molar-refractivity contribution in [2.75, 3.05) is 19.6 Å². The number of aryl methyl sites for hydroxylation is 2. The van der Waals surface area contributed by atoms with Crippen LogP contribution in [-0.2, 0) is 11.2 Å². The van der Waals surface area contributed by atoms with Crippen LogP contribution in [0.2, 0.25) is 0 Å². The Labute approximate surface area is 179 Å². The first-order valence-electron chi connectivity index (χ1n) is 12.0. The van der Waals surface area contributed by atoms with Crippen LogP contribution in [0.1, 0.15) is 86.5 Å². The Balaban J connectivity index is 1.38. The molecular formula is C24H35N5O. The van der Waals surface area contributed by atoms with E-state index in [9.17, 15) is 4.79 Å². The maximum atomic E-state index is 12.5. The minimum absolute atomic E-state index is 0.283. The Hall–Kier alpha value is -1.95. The quantitative estimate of drug-likeness (QED) is 0.750. The third-order valence-electron chi connectivity index (χ3n) is 7.66. The van der Waals surface area contributed by atoms with E-state index in [1.165, 1.54) is 56.3 Å². The number of carbonyl (C=O) groups is 1. The average molecular weight is 410 g/mol. The zero-order chi connectivity index (χ0) is 20.7. The van der Waals surface area contributed by atoms with Gasteiger partial charge in [-0.25, -0.2) is 9.50 Å². The molecule has 30 heavy (non-hydrogen) atoms. The van der Waals surface area contributed by atoms with Gasteiger partial charge >= 0.3 is 0 Å². The SMILES string of the molecule is Cc1nc2cc([C@H]3CCCN3C3CCCC3)nn2c(C)c1CCC(=O)N1CCCC1. The predicted molar refractivity (Wildman–Crippen MR) is 118 cm³/mol. The van der Waals surface area contributed by atoms with Gasteiger partial charge in [0.15, 0.2) is 5.65 Å². The summed E-state index contributed by atoms with van der Waals surface area (Å²) in [6.45, 7) is 7.27. The summed E-state index contributed by atoms with van der Waals surface area (Å²) in [5.41, 5.74) is 5.50. The van der Waals surface area contributed by atoms with Crippen LogP contribution < -0.4 is 0 Å². The van der Waals surface area contributed by atoms with E-state index in [1.54, 1.807) is 0 Å². The maximum Gasteiger partial charge on any atom is 0.222 e. The molecule has 1 aliphatic carbocycles. The van der Waals surface area contributed by atoms with Crippen LogP contribution in [0.15, 0.2) is 6.07 Å². The number of hydrogen-bond acceptors (Lipinski definition) is 4. The summed E-state index contributed by atoms with van der Waals surface area (Å²) in [7, 11) is 0. The third kappa shape index (κ3) is 3.64. The zero-order valence-corrected chi connectivity index (χ0v) is 18.6. The first-order chi connectivity index (χ1) is 14.6. The number of aromatic nitrogens is 3. The van der Waals surface area contributed by atoms with Crippen LogP contribution in [0.3, 0.4) is 0 Å². The first kappa shape index (κ1) is 20.0. The molecule has 162 valence electrons. The van der Waals surface area contributed by atoms with Gasteiger partial charge in [0.25, 0.3) is 0 Å². The second-order valence-electron chi connectivity index (χ2n) is 9.52. The molecule has 6 heteroatoms. The number of amides is 1. The minimum atomic E-state index is 0.283. The first-order valence-corrected chi connectivity index (χ1v) is 12.0. The molecule has 5 rings (SSSR count). The van der Waals surface area contributed by atoms with Gasteiger partial charge in [-0.1, -0.05) is 12.8 Å². The number of likely N-dealkylation sites (tertiary alicyclic amines) is 2. The van der Waals surface area contributed by atoms with Crippen LogP contribution in [0.25, 0.3) is 5.65 Å². The molecule has 2 saturated heterocycles. The zero-order valence-electron chi connectivity index (χ0n) is 18.6. The molecule has 3 aliphatic rings. The monoisotopic (exact) mass is 409 g/mol. The Bertz CT molecular complexity index is 923. The van der Waals surface area contributed by atoms with Crippen molar-refractivity contribution in [3.8, 4) is 0 Å². The molecule has 1 amide bonds. The molecule has 2 aliphatic heterocycles. The van der Waals surface area contributed by atoms with Gasteiger partial charge < -0.3 is 4.90 Å². The standard InChI is InChI=1S/C24H35N5O/c1-17-20(11-12-24(30)27-13-5-6-14-27)18(2)29-23(25-17)16-21(26-29)22-10-7-15-28(22)19-8-3-4-9-19/h16,19,22H,3-15H2,1-2H3/t22-/m1/s1. The van der Waals surface area contributed by atoms with E-state index in [4.69, 9.17) is 10.1 Å². The van der Waals surface area contributed by atoms with Gasteiger partial charge in [-0.05, 0) is 70.9 Å². The summed E-state index contributed by atoms with van der Waals surface area (Å²) in [6, 6.07) is 3.39. The second kappa shape index (κ2) is 8.29. The molecule has 0 radical (unpaired) electrons. The van der Waals surface area contributed by atoms with Crippen molar-refractivity contribution in [3.63, 3.8) is 0 Å². The molecule has 6 nitrogen and oxygen atoms in total. The van der Waals surface area contributed by atoms with Crippen molar-refractivity contribution < 1.29 is 4.79 Å². The number of hydrogen-bond donors (Lipinski definition) is 0. The molecular weight excluding hydrogens is 374 g/mol. The fourth-order valence-corrected chi connectivity index (χ4v) is 6.01. The highest BCUT2D eigenvalue weighted by atomic mass is 16.2. The third-order valence-corrected chi connectivity index (χ3v) is 7.66. The maximum absolute atomic E-state index is 12.5. The van der Waals surface area contributed by atoms with E-state index in [-0.39, 0.29) is 5.91 Å². The van der Waals surface area contributed by atoms with Crippen LogP contribution in [-0.4, -0.2) is 56.0 Å². The van der Waals surface area contributed by atoms with Gasteiger partial charge in [0, 0.05) is 43.0 Å². The fraction of sp³-hybridized carbons (Fsp3) is 0.708. The highest BCUT2D eigenvalue weighted by molar-refractivity contribution is 5.76. The van der Waals surface area contributed by atoms with Gasteiger partial charge in [-0.15, -0.1) is 0 Å². The number of nitrogens with zero attached hydrogens (tertiary/aromatic N) is 5. The lowest BCUT2D eigenvalue weighted by Gasteiger charge is -2.29. The summed E-state index contributed by atoms with van der Waals surface area (Å²) < 4.78 is 2.03. The van der Waals surface area contributed by atoms with Gasteiger partial charge in [0.2, 0.25) is 5.91 Å². The Morgan fingerprint density at radius 2 is 1.80 bits per heavy atom.